The molecule has 1 fully saturated rings. The number of amides is 2. The van der Waals surface area contributed by atoms with Crippen molar-refractivity contribution >= 4 is 58.2 Å². The molecule has 1 aliphatic heterocycles. The first kappa shape index (κ1) is 25.0. The summed E-state index contributed by atoms with van der Waals surface area (Å²) in [4.78, 5) is 37.5. The van der Waals surface area contributed by atoms with Gasteiger partial charge < -0.3 is 14.2 Å². The van der Waals surface area contributed by atoms with Crippen LogP contribution in [0.15, 0.2) is 41.3 Å². The molecule has 1 heterocycles. The van der Waals surface area contributed by atoms with Crippen molar-refractivity contribution in [3.8, 4) is 11.5 Å². The Balaban J connectivity index is 1.77. The molecular weight excluding hydrogens is 489 g/mol. The largest absolute Gasteiger partial charge is 0.490 e. The molecule has 174 valence electrons. The van der Waals surface area contributed by atoms with Crippen LogP contribution in [0, 0.1) is 0 Å². The molecular formula is C23H21Cl2NO6S. The third-order valence-corrected chi connectivity index (χ3v) is 5.92. The minimum Gasteiger partial charge on any atom is -0.490 e. The van der Waals surface area contributed by atoms with Gasteiger partial charge in [0.15, 0.2) is 11.5 Å². The van der Waals surface area contributed by atoms with Gasteiger partial charge in [0.25, 0.3) is 11.1 Å². The number of hydrogen-bond donors (Lipinski definition) is 0. The highest BCUT2D eigenvalue weighted by atomic mass is 35.5. The van der Waals surface area contributed by atoms with Gasteiger partial charge in [0, 0.05) is 15.6 Å². The van der Waals surface area contributed by atoms with Gasteiger partial charge in [0.1, 0.15) is 13.2 Å². The van der Waals surface area contributed by atoms with Crippen LogP contribution in [0.4, 0.5) is 4.79 Å². The van der Waals surface area contributed by atoms with E-state index in [-0.39, 0.29) is 18.1 Å². The maximum Gasteiger partial charge on any atom is 0.326 e. The maximum atomic E-state index is 12.6. The van der Waals surface area contributed by atoms with E-state index in [1.165, 1.54) is 0 Å². The number of carbonyl (C=O) groups is 3. The molecule has 1 aliphatic rings. The van der Waals surface area contributed by atoms with E-state index in [0.717, 1.165) is 22.2 Å². The van der Waals surface area contributed by atoms with Crippen LogP contribution >= 0.6 is 35.0 Å². The third kappa shape index (κ3) is 6.43. The topological polar surface area (TPSA) is 82.1 Å². The van der Waals surface area contributed by atoms with E-state index in [1.807, 2.05) is 6.92 Å². The van der Waals surface area contributed by atoms with Crippen LogP contribution in [-0.4, -0.2) is 41.8 Å². The predicted octanol–water partition coefficient (Wildman–Crippen LogP) is 5.57. The molecule has 0 spiro atoms. The first-order valence-corrected chi connectivity index (χ1v) is 11.6. The van der Waals surface area contributed by atoms with Crippen molar-refractivity contribution in [2.75, 3.05) is 19.8 Å². The minimum atomic E-state index is -0.637. The van der Waals surface area contributed by atoms with Crippen LogP contribution in [0.25, 0.3) is 6.08 Å². The molecule has 0 aromatic heterocycles. The summed E-state index contributed by atoms with van der Waals surface area (Å²) in [6, 6.07) is 10.3. The summed E-state index contributed by atoms with van der Waals surface area (Å²) in [7, 11) is 0. The summed E-state index contributed by atoms with van der Waals surface area (Å²) < 4.78 is 16.4. The SMILES string of the molecule is CCOC(=O)CN1C(=O)S/C(=C/c2ccc(OCc3ccc(Cl)cc3Cl)c(OCC)c2)C1=O. The first-order valence-electron chi connectivity index (χ1n) is 10.1. The van der Waals surface area contributed by atoms with Gasteiger partial charge in [-0.1, -0.05) is 35.3 Å². The number of rotatable bonds is 9. The van der Waals surface area contributed by atoms with Gasteiger partial charge in [-0.05, 0) is 61.5 Å². The molecule has 0 atom stereocenters. The van der Waals surface area contributed by atoms with Crippen LogP contribution in [0.5, 0.6) is 11.5 Å². The highest BCUT2D eigenvalue weighted by Gasteiger charge is 2.36. The van der Waals surface area contributed by atoms with Crippen LogP contribution < -0.4 is 9.47 Å². The lowest BCUT2D eigenvalue weighted by atomic mass is 10.1. The van der Waals surface area contributed by atoms with Gasteiger partial charge in [-0.25, -0.2) is 0 Å². The molecule has 2 aromatic rings. The van der Waals surface area contributed by atoms with Gasteiger partial charge >= 0.3 is 5.97 Å². The van der Waals surface area contributed by atoms with Crippen molar-refractivity contribution < 1.29 is 28.6 Å². The number of esters is 1. The second-order valence-electron chi connectivity index (χ2n) is 6.74. The molecule has 0 saturated carbocycles. The summed E-state index contributed by atoms with van der Waals surface area (Å²) in [5, 5.41) is 0.509. The molecule has 3 rings (SSSR count). The van der Waals surface area contributed by atoms with E-state index in [9.17, 15) is 14.4 Å². The number of nitrogens with zero attached hydrogens (tertiary/aromatic N) is 1. The predicted molar refractivity (Wildman–Crippen MR) is 128 cm³/mol. The Morgan fingerprint density at radius 1 is 1.03 bits per heavy atom. The molecule has 0 aliphatic carbocycles. The van der Waals surface area contributed by atoms with E-state index in [0.29, 0.717) is 33.7 Å². The van der Waals surface area contributed by atoms with Crippen LogP contribution in [0.3, 0.4) is 0 Å². The summed E-state index contributed by atoms with van der Waals surface area (Å²) in [5.74, 6) is -0.215. The van der Waals surface area contributed by atoms with Crippen LogP contribution in [0.1, 0.15) is 25.0 Å². The van der Waals surface area contributed by atoms with E-state index in [1.54, 1.807) is 49.4 Å². The smallest absolute Gasteiger partial charge is 0.326 e. The lowest BCUT2D eigenvalue weighted by Crippen LogP contribution is -2.34. The molecule has 33 heavy (non-hydrogen) atoms. The Morgan fingerprint density at radius 2 is 1.82 bits per heavy atom. The Labute approximate surface area is 205 Å². The van der Waals surface area contributed by atoms with Crippen molar-refractivity contribution in [1.82, 2.24) is 4.90 Å². The van der Waals surface area contributed by atoms with Gasteiger partial charge in [-0.15, -0.1) is 0 Å². The number of ether oxygens (including phenoxy) is 3. The zero-order chi connectivity index (χ0) is 24.0. The van der Waals surface area contributed by atoms with E-state index < -0.39 is 23.7 Å². The molecule has 0 unspecified atom stereocenters. The summed E-state index contributed by atoms with van der Waals surface area (Å²) in [5.41, 5.74) is 1.40. The summed E-state index contributed by atoms with van der Waals surface area (Å²) in [6.07, 6.45) is 1.57. The molecule has 0 radical (unpaired) electrons. The molecule has 0 N–H and O–H groups in total. The summed E-state index contributed by atoms with van der Waals surface area (Å²) >= 11 is 12.9. The van der Waals surface area contributed by atoms with Crippen molar-refractivity contribution in [3.05, 3.63) is 62.5 Å². The van der Waals surface area contributed by atoms with Crippen LogP contribution in [0.2, 0.25) is 10.0 Å². The fourth-order valence-electron chi connectivity index (χ4n) is 2.92. The van der Waals surface area contributed by atoms with Crippen molar-refractivity contribution in [3.63, 3.8) is 0 Å². The third-order valence-electron chi connectivity index (χ3n) is 4.43. The maximum absolute atomic E-state index is 12.6. The number of halogens is 2. The van der Waals surface area contributed by atoms with E-state index in [4.69, 9.17) is 37.4 Å². The van der Waals surface area contributed by atoms with Gasteiger partial charge in [0.05, 0.1) is 18.1 Å². The highest BCUT2D eigenvalue weighted by molar-refractivity contribution is 8.18. The van der Waals surface area contributed by atoms with Gasteiger partial charge in [-0.3, -0.25) is 19.3 Å². The molecule has 0 bridgehead atoms. The fourth-order valence-corrected chi connectivity index (χ4v) is 4.22. The Kier molecular flexibility index (Phi) is 8.66. The van der Waals surface area contributed by atoms with Gasteiger partial charge in [-0.2, -0.15) is 0 Å². The van der Waals surface area contributed by atoms with E-state index in [2.05, 4.69) is 0 Å². The molecule has 2 aromatic carbocycles. The highest BCUT2D eigenvalue weighted by Crippen LogP contribution is 2.35. The lowest BCUT2D eigenvalue weighted by Gasteiger charge is -2.13. The first-order chi connectivity index (χ1) is 15.8. The number of hydrogen-bond acceptors (Lipinski definition) is 7. The molecule has 2 amide bonds. The average molecular weight is 510 g/mol. The summed E-state index contributed by atoms with van der Waals surface area (Å²) in [6.45, 7) is 3.86. The zero-order valence-electron chi connectivity index (χ0n) is 17.9. The van der Waals surface area contributed by atoms with Gasteiger partial charge in [0.2, 0.25) is 0 Å². The van der Waals surface area contributed by atoms with Crippen molar-refractivity contribution in [2.45, 2.75) is 20.5 Å². The Morgan fingerprint density at radius 3 is 2.52 bits per heavy atom. The fraction of sp³-hybridized carbons (Fsp3) is 0.261. The van der Waals surface area contributed by atoms with E-state index >= 15 is 0 Å². The van der Waals surface area contributed by atoms with Crippen LogP contribution in [-0.2, 0) is 20.9 Å². The second-order valence-corrected chi connectivity index (χ2v) is 8.57. The molecule has 7 nitrogen and oxygen atoms in total. The standard InChI is InChI=1S/C23H21Cl2NO6S/c1-3-30-19-9-14(5-8-18(19)32-13-15-6-7-16(24)11-17(15)25)10-20-22(28)26(23(29)33-20)12-21(27)31-4-2/h5-11H,3-4,12-13H2,1-2H3/b20-10+. The number of thioether (sulfide) groups is 1. The number of carbonyl (C=O) groups excluding carboxylic acids is 3. The molecule has 10 heteroatoms. The Hall–Kier alpha value is -2.68. The lowest BCUT2D eigenvalue weighted by molar-refractivity contribution is -0.145. The number of benzene rings is 2. The van der Waals surface area contributed by atoms with Crippen molar-refractivity contribution in [2.24, 2.45) is 0 Å². The minimum absolute atomic E-state index is 0.170. The average Bonchev–Trinajstić information content (AvgIpc) is 3.02. The number of imide groups is 1. The molecule has 1 saturated heterocycles. The zero-order valence-corrected chi connectivity index (χ0v) is 20.3. The quantitative estimate of drug-likeness (QED) is 0.322. The second kappa shape index (κ2) is 11.4. The Bertz CT molecular complexity index is 1100. The van der Waals surface area contributed by atoms with Crippen molar-refractivity contribution in [1.29, 1.82) is 0 Å². The monoisotopic (exact) mass is 509 g/mol. The normalized spacial score (nSPS) is 14.7.